The van der Waals surface area contributed by atoms with Crippen molar-refractivity contribution in [2.75, 3.05) is 38.7 Å². The molecule has 8 nitrogen and oxygen atoms in total. The van der Waals surface area contributed by atoms with Crippen molar-refractivity contribution in [3.63, 3.8) is 0 Å². The summed E-state index contributed by atoms with van der Waals surface area (Å²) in [5.41, 5.74) is 3.63. The Hall–Kier alpha value is -2.94. The fourth-order valence-electron chi connectivity index (χ4n) is 4.35. The van der Waals surface area contributed by atoms with Crippen LogP contribution in [0.1, 0.15) is 43.7 Å². The molecule has 0 unspecified atom stereocenters. The third-order valence-corrected chi connectivity index (χ3v) is 6.20. The number of anilines is 1. The first-order chi connectivity index (χ1) is 15.7. The van der Waals surface area contributed by atoms with Crippen LogP contribution in [0.15, 0.2) is 39.3 Å². The molecule has 0 aliphatic carbocycles. The highest BCUT2D eigenvalue weighted by Gasteiger charge is 2.48. The lowest BCUT2D eigenvalue weighted by Gasteiger charge is -2.53. The van der Waals surface area contributed by atoms with Crippen LogP contribution in [0.3, 0.4) is 0 Å². The van der Waals surface area contributed by atoms with Gasteiger partial charge in [0.2, 0.25) is 0 Å². The smallest absolute Gasteiger partial charge is 0.269 e. The van der Waals surface area contributed by atoms with E-state index in [4.69, 9.17) is 9.26 Å². The number of nitrogens with zero attached hydrogens (tertiary/aromatic N) is 5. The molecule has 4 heterocycles. The quantitative estimate of drug-likeness (QED) is 0.617. The molecule has 178 valence electrons. The predicted octanol–water partition coefficient (Wildman–Crippen LogP) is 3.16. The van der Waals surface area contributed by atoms with Gasteiger partial charge >= 0.3 is 0 Å². The lowest BCUT2D eigenvalue weighted by atomic mass is 9.85. The molecule has 0 aromatic carbocycles. The zero-order valence-corrected chi connectivity index (χ0v) is 20.0. The van der Waals surface area contributed by atoms with Crippen molar-refractivity contribution in [1.29, 1.82) is 0 Å². The maximum absolute atomic E-state index is 13.8. The second-order valence-electron chi connectivity index (χ2n) is 9.44. The van der Waals surface area contributed by atoms with Gasteiger partial charge in [-0.1, -0.05) is 16.8 Å². The molecular formula is C24H32FN5O3. The largest absolute Gasteiger partial charge is 0.376 e. The lowest BCUT2D eigenvalue weighted by Crippen LogP contribution is -2.66. The van der Waals surface area contributed by atoms with Crippen LogP contribution in [-0.4, -0.2) is 65.4 Å². The predicted molar refractivity (Wildman–Crippen MR) is 125 cm³/mol. The molecule has 33 heavy (non-hydrogen) atoms. The van der Waals surface area contributed by atoms with Gasteiger partial charge in [-0.3, -0.25) is 4.79 Å². The van der Waals surface area contributed by atoms with Gasteiger partial charge in [0.05, 0.1) is 30.7 Å². The summed E-state index contributed by atoms with van der Waals surface area (Å²) in [5.74, 6) is 0.646. The van der Waals surface area contributed by atoms with E-state index in [2.05, 4.69) is 10.3 Å². The Morgan fingerprint density at radius 1 is 1.33 bits per heavy atom. The Bertz CT molecular complexity index is 1120. The van der Waals surface area contributed by atoms with Crippen LogP contribution in [0, 0.1) is 6.92 Å². The second kappa shape index (κ2) is 9.13. The van der Waals surface area contributed by atoms with Crippen molar-refractivity contribution < 1.29 is 13.7 Å². The van der Waals surface area contributed by atoms with Crippen LogP contribution in [0.4, 0.5) is 10.1 Å². The van der Waals surface area contributed by atoms with Gasteiger partial charge < -0.3 is 19.1 Å². The molecule has 0 saturated carbocycles. The van der Waals surface area contributed by atoms with E-state index in [1.807, 2.05) is 56.8 Å². The van der Waals surface area contributed by atoms with Gasteiger partial charge in [0.15, 0.2) is 0 Å². The molecule has 9 heteroatoms. The minimum atomic E-state index is -0.814. The number of aromatic nitrogens is 3. The zero-order valence-electron chi connectivity index (χ0n) is 20.0. The van der Waals surface area contributed by atoms with Crippen molar-refractivity contribution in [3.8, 4) is 0 Å². The Morgan fingerprint density at radius 3 is 2.73 bits per heavy atom. The fourth-order valence-corrected chi connectivity index (χ4v) is 4.35. The summed E-state index contributed by atoms with van der Waals surface area (Å²) in [4.78, 5) is 16.8. The number of aryl methyl sites for hydroxylation is 1. The number of halogens is 1. The van der Waals surface area contributed by atoms with Gasteiger partial charge in [-0.25, -0.2) is 9.07 Å². The van der Waals surface area contributed by atoms with Crippen molar-refractivity contribution in [3.05, 3.63) is 57.4 Å². The second-order valence-corrected chi connectivity index (χ2v) is 9.44. The molecular weight excluding hydrogens is 425 g/mol. The highest BCUT2D eigenvalue weighted by atomic mass is 19.1. The molecule has 2 saturated heterocycles. The third kappa shape index (κ3) is 4.88. The monoisotopic (exact) mass is 457 g/mol. The molecule has 2 aliphatic rings. The SMILES string of the molecule is CC(C)=C/C=C(/c1noc(C)c1Cn1ncc(N2CC3(C[C@@H](F)CCO3)C2)cc1=O)N(C)C. The van der Waals surface area contributed by atoms with E-state index in [9.17, 15) is 9.18 Å². The number of allylic oxidation sites excluding steroid dienone is 3. The van der Waals surface area contributed by atoms with E-state index in [1.165, 1.54) is 4.68 Å². The van der Waals surface area contributed by atoms with E-state index >= 15 is 0 Å². The van der Waals surface area contributed by atoms with Crippen LogP contribution in [-0.2, 0) is 11.3 Å². The summed E-state index contributed by atoms with van der Waals surface area (Å²) in [5, 5.41) is 8.65. The zero-order chi connectivity index (χ0) is 23.8. The average Bonchev–Trinajstić information content (AvgIpc) is 3.07. The Kier molecular flexibility index (Phi) is 6.43. The Morgan fingerprint density at radius 2 is 2.09 bits per heavy atom. The number of hydrogen-bond donors (Lipinski definition) is 0. The van der Waals surface area contributed by atoms with Crippen LogP contribution in [0.5, 0.6) is 0 Å². The van der Waals surface area contributed by atoms with Crippen molar-refractivity contribution in [2.24, 2.45) is 0 Å². The van der Waals surface area contributed by atoms with Crippen molar-refractivity contribution >= 4 is 11.4 Å². The summed E-state index contributed by atoms with van der Waals surface area (Å²) in [6, 6.07) is 1.57. The summed E-state index contributed by atoms with van der Waals surface area (Å²) in [7, 11) is 3.89. The standard InChI is InChI=1S/C24H32FN5O3/c1-16(2)6-7-21(28(4)5)23-20(17(3)33-27-23)13-30-22(31)10-19(12-26-30)29-14-24(15-29)11-18(25)8-9-32-24/h6-7,10,12,18H,8-9,11,13-15H2,1-5H3/b21-7-/t18-/m0/s1. The molecule has 2 fully saturated rings. The van der Waals surface area contributed by atoms with Crippen LogP contribution < -0.4 is 10.5 Å². The normalized spacial score (nSPS) is 20.0. The molecule has 0 bridgehead atoms. The molecule has 0 N–H and O–H groups in total. The molecule has 2 aliphatic heterocycles. The number of rotatable bonds is 6. The number of alkyl halides is 1. The van der Waals surface area contributed by atoms with Gasteiger partial charge in [0, 0.05) is 51.7 Å². The van der Waals surface area contributed by atoms with Gasteiger partial charge in [-0.05, 0) is 26.8 Å². The van der Waals surface area contributed by atoms with Gasteiger partial charge in [-0.2, -0.15) is 5.10 Å². The summed E-state index contributed by atoms with van der Waals surface area (Å²) < 4.78 is 26.5. The maximum Gasteiger partial charge on any atom is 0.269 e. The molecule has 2 aromatic rings. The Labute approximate surface area is 193 Å². The lowest BCUT2D eigenvalue weighted by molar-refractivity contribution is -0.117. The summed E-state index contributed by atoms with van der Waals surface area (Å²) in [6.07, 6.45) is 5.75. The van der Waals surface area contributed by atoms with Gasteiger partial charge in [0.25, 0.3) is 5.56 Å². The fraction of sp³-hybridized carbons (Fsp3) is 0.542. The third-order valence-electron chi connectivity index (χ3n) is 6.20. The average molecular weight is 458 g/mol. The van der Waals surface area contributed by atoms with Gasteiger partial charge in [-0.15, -0.1) is 0 Å². The van der Waals surface area contributed by atoms with Crippen molar-refractivity contribution in [1.82, 2.24) is 19.8 Å². The molecule has 1 spiro atoms. The minimum Gasteiger partial charge on any atom is -0.376 e. The van der Waals surface area contributed by atoms with E-state index in [0.29, 0.717) is 44.0 Å². The highest BCUT2D eigenvalue weighted by Crippen LogP contribution is 2.37. The molecule has 0 radical (unpaired) electrons. The van der Waals surface area contributed by atoms with Crippen LogP contribution in [0.25, 0.3) is 5.70 Å². The number of ether oxygens (including phenoxy) is 1. The molecule has 0 amide bonds. The van der Waals surface area contributed by atoms with E-state index < -0.39 is 11.8 Å². The minimum absolute atomic E-state index is 0.215. The van der Waals surface area contributed by atoms with Crippen molar-refractivity contribution in [2.45, 2.75) is 51.9 Å². The molecule has 2 aromatic heterocycles. The highest BCUT2D eigenvalue weighted by molar-refractivity contribution is 5.65. The topological polar surface area (TPSA) is 76.6 Å². The van der Waals surface area contributed by atoms with Crippen LogP contribution in [0.2, 0.25) is 0 Å². The van der Waals surface area contributed by atoms with E-state index in [0.717, 1.165) is 22.5 Å². The first-order valence-corrected chi connectivity index (χ1v) is 11.3. The van der Waals surface area contributed by atoms with Crippen LogP contribution >= 0.6 is 0 Å². The Balaban J connectivity index is 1.53. The molecule has 4 rings (SSSR count). The maximum atomic E-state index is 13.8. The first kappa shape index (κ1) is 23.2. The summed E-state index contributed by atoms with van der Waals surface area (Å²) >= 11 is 0. The summed E-state index contributed by atoms with van der Waals surface area (Å²) in [6.45, 7) is 7.75. The van der Waals surface area contributed by atoms with Gasteiger partial charge in [0.1, 0.15) is 23.2 Å². The number of hydrogen-bond acceptors (Lipinski definition) is 7. The molecule has 1 atom stereocenters. The van der Waals surface area contributed by atoms with E-state index in [1.54, 1.807) is 12.3 Å². The first-order valence-electron chi connectivity index (χ1n) is 11.3. The van der Waals surface area contributed by atoms with E-state index in [-0.39, 0.29) is 12.1 Å².